The van der Waals surface area contributed by atoms with E-state index in [9.17, 15) is 9.90 Å². The van der Waals surface area contributed by atoms with Crippen molar-refractivity contribution in [2.75, 3.05) is 26.1 Å². The zero-order chi connectivity index (χ0) is 19.4. The molecule has 1 fully saturated rings. The fourth-order valence-electron chi connectivity index (χ4n) is 3.39. The van der Waals surface area contributed by atoms with Crippen molar-refractivity contribution in [1.82, 2.24) is 10.3 Å². The number of amides is 1. The lowest BCUT2D eigenvalue weighted by molar-refractivity contribution is -0.122. The van der Waals surface area contributed by atoms with Gasteiger partial charge in [0.15, 0.2) is 0 Å². The highest BCUT2D eigenvalue weighted by Gasteiger charge is 2.35. The van der Waals surface area contributed by atoms with Crippen molar-refractivity contribution in [3.63, 3.8) is 0 Å². The molecule has 1 heterocycles. The lowest BCUT2D eigenvalue weighted by Gasteiger charge is -2.38. The Labute approximate surface area is 160 Å². The van der Waals surface area contributed by atoms with Crippen LogP contribution in [0.15, 0.2) is 42.6 Å². The van der Waals surface area contributed by atoms with Gasteiger partial charge in [-0.15, -0.1) is 0 Å². The number of carbonyl (C=O) groups excluding carboxylic acids is 1. The van der Waals surface area contributed by atoms with Crippen molar-refractivity contribution in [3.8, 4) is 5.88 Å². The van der Waals surface area contributed by atoms with Crippen LogP contribution in [0.2, 0.25) is 0 Å². The van der Waals surface area contributed by atoms with Crippen molar-refractivity contribution in [2.24, 2.45) is 5.92 Å². The molecule has 0 aliphatic heterocycles. The van der Waals surface area contributed by atoms with Crippen LogP contribution in [-0.2, 0) is 11.2 Å². The zero-order valence-corrected chi connectivity index (χ0v) is 16.1. The van der Waals surface area contributed by atoms with E-state index in [0.29, 0.717) is 25.1 Å². The number of rotatable bonds is 7. The first-order valence-corrected chi connectivity index (χ1v) is 9.20. The lowest BCUT2D eigenvalue weighted by Crippen LogP contribution is -2.41. The second-order valence-corrected chi connectivity index (χ2v) is 7.30. The number of carbonyl (C=O) groups is 1. The molecule has 6 nitrogen and oxygen atoms in total. The van der Waals surface area contributed by atoms with Crippen LogP contribution in [0.1, 0.15) is 30.0 Å². The Kier molecular flexibility index (Phi) is 5.96. The van der Waals surface area contributed by atoms with E-state index in [0.717, 1.165) is 16.8 Å². The smallest absolute Gasteiger partial charge is 0.224 e. The third-order valence-electron chi connectivity index (χ3n) is 5.08. The average Bonchev–Trinajstić information content (AvgIpc) is 2.64. The summed E-state index contributed by atoms with van der Waals surface area (Å²) < 4.78 is 5.11. The van der Waals surface area contributed by atoms with Gasteiger partial charge in [-0.05, 0) is 42.0 Å². The predicted octanol–water partition coefficient (Wildman–Crippen LogP) is 2.33. The van der Waals surface area contributed by atoms with Gasteiger partial charge in [-0.3, -0.25) is 4.79 Å². The summed E-state index contributed by atoms with van der Waals surface area (Å²) >= 11 is 0. The Morgan fingerprint density at radius 3 is 2.48 bits per heavy atom. The predicted molar refractivity (Wildman–Crippen MR) is 105 cm³/mol. The summed E-state index contributed by atoms with van der Waals surface area (Å²) in [6.45, 7) is 0. The van der Waals surface area contributed by atoms with Crippen molar-refractivity contribution < 1.29 is 14.6 Å². The van der Waals surface area contributed by atoms with Crippen molar-refractivity contribution >= 4 is 11.6 Å². The summed E-state index contributed by atoms with van der Waals surface area (Å²) in [5.41, 5.74) is 3.01. The minimum atomic E-state index is -0.279. The highest BCUT2D eigenvalue weighted by Crippen LogP contribution is 2.38. The van der Waals surface area contributed by atoms with Gasteiger partial charge in [0.2, 0.25) is 11.8 Å². The van der Waals surface area contributed by atoms with Gasteiger partial charge in [0.1, 0.15) is 0 Å². The number of aliphatic hydroxyl groups excluding tert-OH is 1. The summed E-state index contributed by atoms with van der Waals surface area (Å²) in [5.74, 6) is 0.725. The normalized spacial score (nSPS) is 19.7. The van der Waals surface area contributed by atoms with Crippen LogP contribution in [0.5, 0.6) is 5.88 Å². The Morgan fingerprint density at radius 1 is 1.26 bits per heavy atom. The Hall–Kier alpha value is -2.60. The summed E-state index contributed by atoms with van der Waals surface area (Å²) in [5, 5.41) is 12.8. The summed E-state index contributed by atoms with van der Waals surface area (Å²) in [7, 11) is 5.55. The standard InChI is InChI=1S/C21H27N3O3/c1-24(2)17-7-4-14(5-8-17)10-19(26)23-21(16-11-18(25)12-16)15-6-9-20(27-3)22-13-15/h4-9,13,16,18,21,25H,10-12H2,1-3H3,(H,23,26). The quantitative estimate of drug-likeness (QED) is 0.784. The molecule has 0 bridgehead atoms. The first kappa shape index (κ1) is 19.2. The minimum Gasteiger partial charge on any atom is -0.481 e. The number of aromatic nitrogens is 1. The van der Waals surface area contributed by atoms with E-state index >= 15 is 0 Å². The number of hydrogen-bond acceptors (Lipinski definition) is 5. The number of benzene rings is 1. The second kappa shape index (κ2) is 8.39. The van der Waals surface area contributed by atoms with Gasteiger partial charge in [0, 0.05) is 32.0 Å². The molecule has 1 aromatic heterocycles. The first-order valence-electron chi connectivity index (χ1n) is 9.20. The maximum Gasteiger partial charge on any atom is 0.224 e. The third kappa shape index (κ3) is 4.77. The molecular weight excluding hydrogens is 342 g/mol. The molecule has 2 N–H and O–H groups in total. The van der Waals surface area contributed by atoms with Gasteiger partial charge in [0.25, 0.3) is 0 Å². The molecule has 144 valence electrons. The Balaban J connectivity index is 1.68. The molecule has 1 saturated carbocycles. The molecule has 3 rings (SSSR count). The molecular formula is C21H27N3O3. The van der Waals surface area contributed by atoms with Crippen LogP contribution < -0.4 is 15.0 Å². The average molecular weight is 369 g/mol. The van der Waals surface area contributed by atoms with E-state index in [2.05, 4.69) is 10.3 Å². The SMILES string of the molecule is COc1ccc(C(NC(=O)Cc2ccc(N(C)C)cc2)C2CC(O)C2)cn1. The number of nitrogens with zero attached hydrogens (tertiary/aromatic N) is 2. The zero-order valence-electron chi connectivity index (χ0n) is 16.1. The molecule has 27 heavy (non-hydrogen) atoms. The van der Waals surface area contributed by atoms with Gasteiger partial charge >= 0.3 is 0 Å². The van der Waals surface area contributed by atoms with Crippen LogP contribution in [-0.4, -0.2) is 43.3 Å². The van der Waals surface area contributed by atoms with Crippen molar-refractivity contribution in [1.29, 1.82) is 0 Å². The van der Waals surface area contributed by atoms with Crippen molar-refractivity contribution in [2.45, 2.75) is 31.4 Å². The molecule has 1 aromatic carbocycles. The van der Waals surface area contributed by atoms with Crippen LogP contribution in [0.3, 0.4) is 0 Å². The number of anilines is 1. The molecule has 1 unspecified atom stereocenters. The molecule has 6 heteroatoms. The topological polar surface area (TPSA) is 74.7 Å². The summed E-state index contributed by atoms with van der Waals surface area (Å²) in [6.07, 6.45) is 3.16. The first-order chi connectivity index (χ1) is 13.0. The van der Waals surface area contributed by atoms with E-state index in [1.165, 1.54) is 0 Å². The maximum absolute atomic E-state index is 12.6. The third-order valence-corrected chi connectivity index (χ3v) is 5.08. The highest BCUT2D eigenvalue weighted by molar-refractivity contribution is 5.79. The van der Waals surface area contributed by atoms with Gasteiger partial charge in [-0.1, -0.05) is 18.2 Å². The number of nitrogens with one attached hydrogen (secondary N) is 1. The number of pyridine rings is 1. The molecule has 0 spiro atoms. The minimum absolute atomic E-state index is 0.0326. The maximum atomic E-state index is 12.6. The van der Waals surface area contributed by atoms with E-state index < -0.39 is 0 Å². The van der Waals surface area contributed by atoms with Gasteiger partial charge in [0.05, 0.1) is 25.7 Å². The fraction of sp³-hybridized carbons (Fsp3) is 0.429. The molecule has 0 saturated heterocycles. The van der Waals surface area contributed by atoms with Gasteiger partial charge in [-0.2, -0.15) is 0 Å². The van der Waals surface area contributed by atoms with Crippen LogP contribution in [0.25, 0.3) is 0 Å². The monoisotopic (exact) mass is 369 g/mol. The van der Waals surface area contributed by atoms with Crippen LogP contribution in [0.4, 0.5) is 5.69 Å². The number of hydrogen-bond donors (Lipinski definition) is 2. The Bertz CT molecular complexity index is 753. The van der Waals surface area contributed by atoms with Crippen molar-refractivity contribution in [3.05, 3.63) is 53.7 Å². The second-order valence-electron chi connectivity index (χ2n) is 7.30. The van der Waals surface area contributed by atoms with E-state index in [1.807, 2.05) is 49.3 Å². The lowest BCUT2D eigenvalue weighted by atomic mass is 9.75. The highest BCUT2D eigenvalue weighted by atomic mass is 16.5. The number of ether oxygens (including phenoxy) is 1. The number of methoxy groups -OCH3 is 1. The van der Waals surface area contributed by atoms with Crippen LogP contribution in [0, 0.1) is 5.92 Å². The summed E-state index contributed by atoms with van der Waals surface area (Å²) in [6, 6.07) is 11.5. The van der Waals surface area contributed by atoms with E-state index in [-0.39, 0.29) is 24.0 Å². The van der Waals surface area contributed by atoms with E-state index in [4.69, 9.17) is 4.74 Å². The molecule has 2 aromatic rings. The molecule has 1 aliphatic carbocycles. The summed E-state index contributed by atoms with van der Waals surface area (Å²) in [4.78, 5) is 18.9. The molecule has 1 atom stereocenters. The number of aliphatic hydroxyl groups is 1. The van der Waals surface area contributed by atoms with E-state index in [1.54, 1.807) is 19.4 Å². The molecule has 1 aliphatic rings. The molecule has 0 radical (unpaired) electrons. The largest absolute Gasteiger partial charge is 0.481 e. The molecule has 1 amide bonds. The van der Waals surface area contributed by atoms with Crippen LogP contribution >= 0.6 is 0 Å². The fourth-order valence-corrected chi connectivity index (χ4v) is 3.39. The van der Waals surface area contributed by atoms with Gasteiger partial charge in [-0.25, -0.2) is 4.98 Å². The van der Waals surface area contributed by atoms with Gasteiger partial charge < -0.3 is 20.1 Å². The Morgan fingerprint density at radius 2 is 1.96 bits per heavy atom.